The van der Waals surface area contributed by atoms with Gasteiger partial charge in [0.15, 0.2) is 0 Å². The van der Waals surface area contributed by atoms with Crippen molar-refractivity contribution in [2.24, 2.45) is 0 Å². The molecule has 170 valence electrons. The van der Waals surface area contributed by atoms with Crippen molar-refractivity contribution in [1.82, 2.24) is 4.90 Å². The number of thiophene rings is 1. The van der Waals surface area contributed by atoms with Gasteiger partial charge in [-0.05, 0) is 85.9 Å². The number of likely N-dealkylation sites (tertiary alicyclic amines) is 1. The summed E-state index contributed by atoms with van der Waals surface area (Å²) in [6.07, 6.45) is 3.97. The van der Waals surface area contributed by atoms with E-state index in [1.807, 2.05) is 42.5 Å². The summed E-state index contributed by atoms with van der Waals surface area (Å²) >= 11 is 1.76. The van der Waals surface area contributed by atoms with Gasteiger partial charge in [0.25, 0.3) is 0 Å². The molecule has 33 heavy (non-hydrogen) atoms. The zero-order chi connectivity index (χ0) is 22.5. The first kappa shape index (κ1) is 21.8. The molecular formula is C28H29NO3S. The molecule has 0 saturated carbocycles. The zero-order valence-electron chi connectivity index (χ0n) is 19.0. The van der Waals surface area contributed by atoms with Crippen LogP contribution in [0.25, 0.3) is 20.5 Å². The predicted octanol–water partition coefficient (Wildman–Crippen LogP) is 7.23. The van der Waals surface area contributed by atoms with Crippen LogP contribution in [0.15, 0.2) is 72.8 Å². The molecule has 0 radical (unpaired) electrons. The van der Waals surface area contributed by atoms with Crippen LogP contribution in [0.2, 0.25) is 0 Å². The fraction of sp³-hybridized carbons (Fsp3) is 0.286. The molecule has 4 nitrogen and oxygen atoms in total. The number of hydrogen-bond donors (Lipinski definition) is 0. The molecule has 0 N–H and O–H groups in total. The third kappa shape index (κ3) is 5.32. The van der Waals surface area contributed by atoms with E-state index in [0.29, 0.717) is 0 Å². The van der Waals surface area contributed by atoms with Crippen LogP contribution in [0.5, 0.6) is 23.0 Å². The van der Waals surface area contributed by atoms with Crippen LogP contribution >= 0.6 is 11.3 Å². The molecule has 0 bridgehead atoms. The van der Waals surface area contributed by atoms with E-state index in [2.05, 4.69) is 35.2 Å². The Labute approximate surface area is 199 Å². The van der Waals surface area contributed by atoms with Gasteiger partial charge in [0, 0.05) is 21.7 Å². The third-order valence-electron chi connectivity index (χ3n) is 6.05. The molecular weight excluding hydrogens is 430 g/mol. The van der Waals surface area contributed by atoms with Gasteiger partial charge in [0.2, 0.25) is 0 Å². The average molecular weight is 460 g/mol. The summed E-state index contributed by atoms with van der Waals surface area (Å²) in [4.78, 5) is 3.65. The molecule has 1 aliphatic heterocycles. The Morgan fingerprint density at radius 2 is 1.58 bits per heavy atom. The topological polar surface area (TPSA) is 30.9 Å². The van der Waals surface area contributed by atoms with E-state index >= 15 is 0 Å². The summed E-state index contributed by atoms with van der Waals surface area (Å²) in [5, 5.41) is 1.24. The van der Waals surface area contributed by atoms with Crippen molar-refractivity contribution in [2.45, 2.75) is 19.3 Å². The second kappa shape index (κ2) is 10.3. The van der Waals surface area contributed by atoms with Crippen molar-refractivity contribution in [3.05, 3.63) is 72.8 Å². The quantitative estimate of drug-likeness (QED) is 0.278. The van der Waals surface area contributed by atoms with E-state index in [1.54, 1.807) is 18.4 Å². The number of piperidine rings is 1. The Balaban J connectivity index is 1.25. The second-order valence-electron chi connectivity index (χ2n) is 8.33. The van der Waals surface area contributed by atoms with Crippen LogP contribution in [0.1, 0.15) is 19.3 Å². The first-order valence-corrected chi connectivity index (χ1v) is 12.4. The van der Waals surface area contributed by atoms with E-state index in [-0.39, 0.29) is 0 Å². The Hall–Kier alpha value is -3.02. The molecule has 1 fully saturated rings. The molecule has 3 aromatic carbocycles. The number of benzene rings is 3. The highest BCUT2D eigenvalue weighted by Crippen LogP contribution is 2.40. The van der Waals surface area contributed by atoms with E-state index in [1.165, 1.54) is 42.4 Å². The van der Waals surface area contributed by atoms with Crippen LogP contribution in [-0.2, 0) is 0 Å². The van der Waals surface area contributed by atoms with Gasteiger partial charge in [0.1, 0.15) is 29.6 Å². The molecule has 0 amide bonds. The second-order valence-corrected chi connectivity index (χ2v) is 9.42. The molecule has 5 heteroatoms. The lowest BCUT2D eigenvalue weighted by atomic mass is 10.1. The largest absolute Gasteiger partial charge is 0.496 e. The minimum absolute atomic E-state index is 0.719. The fourth-order valence-corrected chi connectivity index (χ4v) is 5.36. The van der Waals surface area contributed by atoms with Crippen molar-refractivity contribution in [2.75, 3.05) is 33.4 Å². The first-order chi connectivity index (χ1) is 16.3. The maximum atomic E-state index is 6.15. The van der Waals surface area contributed by atoms with E-state index in [0.717, 1.165) is 46.6 Å². The molecule has 5 rings (SSSR count). The maximum Gasteiger partial charge on any atom is 0.128 e. The number of ether oxygens (including phenoxy) is 3. The molecule has 0 aliphatic carbocycles. The highest BCUT2D eigenvalue weighted by molar-refractivity contribution is 7.22. The first-order valence-electron chi connectivity index (χ1n) is 11.6. The molecule has 1 saturated heterocycles. The molecule has 0 unspecified atom stereocenters. The molecule has 0 spiro atoms. The number of nitrogens with zero attached hydrogens (tertiary/aromatic N) is 1. The highest BCUT2D eigenvalue weighted by Gasteiger charge is 2.12. The zero-order valence-corrected chi connectivity index (χ0v) is 19.8. The Kier molecular flexibility index (Phi) is 6.79. The molecule has 1 aromatic heterocycles. The third-order valence-corrected chi connectivity index (χ3v) is 7.20. The van der Waals surface area contributed by atoms with E-state index in [4.69, 9.17) is 14.2 Å². The maximum absolute atomic E-state index is 6.15. The monoisotopic (exact) mass is 459 g/mol. The Morgan fingerprint density at radius 1 is 0.818 bits per heavy atom. The van der Waals surface area contributed by atoms with Gasteiger partial charge in [0.05, 0.1) is 7.11 Å². The predicted molar refractivity (Wildman–Crippen MR) is 136 cm³/mol. The highest BCUT2D eigenvalue weighted by atomic mass is 32.1. The minimum atomic E-state index is 0.719. The van der Waals surface area contributed by atoms with Gasteiger partial charge in [-0.2, -0.15) is 0 Å². The summed E-state index contributed by atoms with van der Waals surface area (Å²) in [5.74, 6) is 3.28. The van der Waals surface area contributed by atoms with Gasteiger partial charge in [-0.25, -0.2) is 0 Å². The van der Waals surface area contributed by atoms with Crippen molar-refractivity contribution < 1.29 is 14.2 Å². The SMILES string of the molecule is COc1ccc(Oc2ccc(OCCN3CCCCC3)cc2)cc1-c1cc2ccccc2s1. The minimum Gasteiger partial charge on any atom is -0.496 e. The van der Waals surface area contributed by atoms with E-state index in [9.17, 15) is 0 Å². The van der Waals surface area contributed by atoms with Crippen molar-refractivity contribution in [1.29, 1.82) is 0 Å². The number of hydrogen-bond acceptors (Lipinski definition) is 5. The molecule has 1 aliphatic rings. The number of rotatable bonds is 8. The Bertz CT molecular complexity index is 1160. The fourth-order valence-electron chi connectivity index (χ4n) is 4.27. The summed E-state index contributed by atoms with van der Waals surface area (Å²) in [6, 6.07) is 24.4. The van der Waals surface area contributed by atoms with Gasteiger partial charge in [-0.15, -0.1) is 11.3 Å². The van der Waals surface area contributed by atoms with Gasteiger partial charge in [-0.3, -0.25) is 4.90 Å². The molecule has 2 heterocycles. The molecule has 4 aromatic rings. The van der Waals surface area contributed by atoms with Crippen LogP contribution in [0.4, 0.5) is 0 Å². The summed E-state index contributed by atoms with van der Waals surface area (Å²) in [6.45, 7) is 4.10. The van der Waals surface area contributed by atoms with Crippen molar-refractivity contribution >= 4 is 21.4 Å². The number of fused-ring (bicyclic) bond motifs is 1. The normalized spacial score (nSPS) is 14.3. The smallest absolute Gasteiger partial charge is 0.128 e. The van der Waals surface area contributed by atoms with Crippen LogP contribution in [0, 0.1) is 0 Å². The van der Waals surface area contributed by atoms with Crippen molar-refractivity contribution in [3.8, 4) is 33.4 Å². The van der Waals surface area contributed by atoms with Gasteiger partial charge < -0.3 is 14.2 Å². The Morgan fingerprint density at radius 3 is 2.36 bits per heavy atom. The van der Waals surface area contributed by atoms with E-state index < -0.39 is 0 Å². The average Bonchev–Trinajstić information content (AvgIpc) is 3.30. The van der Waals surface area contributed by atoms with Crippen LogP contribution in [-0.4, -0.2) is 38.3 Å². The lowest BCUT2D eigenvalue weighted by Gasteiger charge is -2.26. The van der Waals surface area contributed by atoms with Gasteiger partial charge >= 0.3 is 0 Å². The van der Waals surface area contributed by atoms with Crippen molar-refractivity contribution in [3.63, 3.8) is 0 Å². The summed E-state index contributed by atoms with van der Waals surface area (Å²) < 4.78 is 19.0. The standard InChI is InChI=1S/C28H29NO3S/c1-30-26-14-13-24(20-25(26)28-19-21-7-3-4-8-27(21)33-28)32-23-11-9-22(10-12-23)31-18-17-29-15-5-2-6-16-29/h3-4,7-14,19-20H,2,5-6,15-18H2,1H3. The van der Waals surface area contributed by atoms with Gasteiger partial charge in [-0.1, -0.05) is 24.6 Å². The van der Waals surface area contributed by atoms with Crippen LogP contribution in [0.3, 0.4) is 0 Å². The lowest BCUT2D eigenvalue weighted by molar-refractivity contribution is 0.183. The number of methoxy groups -OCH3 is 1. The summed E-state index contributed by atoms with van der Waals surface area (Å²) in [7, 11) is 1.71. The lowest BCUT2D eigenvalue weighted by Crippen LogP contribution is -2.33. The molecule has 0 atom stereocenters. The summed E-state index contributed by atoms with van der Waals surface area (Å²) in [5.41, 5.74) is 1.04. The van der Waals surface area contributed by atoms with Crippen LogP contribution < -0.4 is 14.2 Å².